The van der Waals surface area contributed by atoms with Crippen LogP contribution in [0.5, 0.6) is 5.75 Å². The fraction of sp³-hybridized carbons (Fsp3) is 0.294. The van der Waals surface area contributed by atoms with Gasteiger partial charge in [0.2, 0.25) is 5.91 Å². The van der Waals surface area contributed by atoms with Gasteiger partial charge in [-0.2, -0.15) is 0 Å². The molecule has 1 heterocycles. The van der Waals surface area contributed by atoms with Gasteiger partial charge in [0.05, 0.1) is 36.7 Å². The second-order valence-corrected chi connectivity index (χ2v) is 5.09. The molecule has 2 aromatic rings. The molecule has 6 heteroatoms. The van der Waals surface area contributed by atoms with Gasteiger partial charge in [0.25, 0.3) is 0 Å². The number of hydrogen-bond acceptors (Lipinski definition) is 5. The summed E-state index contributed by atoms with van der Waals surface area (Å²) in [6.07, 6.45) is 0.951. The lowest BCUT2D eigenvalue weighted by atomic mass is 10.2. The minimum Gasteiger partial charge on any atom is -0.492 e. The standard InChI is InChI=1S/C17H21N3O3/c1-3-23-15-7-5-4-6-14(15)20-16-9-8-13(11-18-16)19-17(22)10-12(2)21/h4-9,11-12,21H,3,10H2,1-2H3,(H,18,20)(H,19,22). The Hall–Kier alpha value is -2.60. The number of pyridine rings is 1. The summed E-state index contributed by atoms with van der Waals surface area (Å²) in [5, 5.41) is 15.0. The van der Waals surface area contributed by atoms with Crippen molar-refractivity contribution >= 4 is 23.1 Å². The topological polar surface area (TPSA) is 83.5 Å². The van der Waals surface area contributed by atoms with Crippen molar-refractivity contribution in [3.05, 3.63) is 42.6 Å². The number of rotatable bonds is 7. The van der Waals surface area contributed by atoms with Gasteiger partial charge in [-0.15, -0.1) is 0 Å². The van der Waals surface area contributed by atoms with Gasteiger partial charge in [0.1, 0.15) is 11.6 Å². The van der Waals surface area contributed by atoms with E-state index in [9.17, 15) is 9.90 Å². The number of carbonyl (C=O) groups excluding carboxylic acids is 1. The molecule has 1 unspecified atom stereocenters. The maximum Gasteiger partial charge on any atom is 0.227 e. The molecule has 122 valence electrons. The Morgan fingerprint density at radius 1 is 1.30 bits per heavy atom. The van der Waals surface area contributed by atoms with Gasteiger partial charge in [-0.1, -0.05) is 12.1 Å². The Kier molecular flexibility index (Phi) is 5.94. The number of aliphatic hydroxyl groups is 1. The van der Waals surface area contributed by atoms with E-state index in [0.29, 0.717) is 18.1 Å². The molecule has 1 aromatic heterocycles. The zero-order valence-corrected chi connectivity index (χ0v) is 13.2. The average molecular weight is 315 g/mol. The minimum absolute atomic E-state index is 0.0573. The highest BCUT2D eigenvalue weighted by atomic mass is 16.5. The van der Waals surface area contributed by atoms with E-state index in [-0.39, 0.29) is 12.3 Å². The van der Waals surface area contributed by atoms with Crippen molar-refractivity contribution < 1.29 is 14.6 Å². The summed E-state index contributed by atoms with van der Waals surface area (Å²) < 4.78 is 5.55. The molecular weight excluding hydrogens is 294 g/mol. The fourth-order valence-electron chi connectivity index (χ4n) is 2.01. The molecule has 3 N–H and O–H groups in total. The van der Waals surface area contributed by atoms with Crippen LogP contribution in [0.1, 0.15) is 20.3 Å². The number of aliphatic hydroxyl groups excluding tert-OH is 1. The van der Waals surface area contributed by atoms with Gasteiger partial charge >= 0.3 is 0 Å². The molecule has 1 amide bonds. The number of benzene rings is 1. The molecule has 1 aromatic carbocycles. The van der Waals surface area contributed by atoms with Crippen LogP contribution in [0.4, 0.5) is 17.2 Å². The summed E-state index contributed by atoms with van der Waals surface area (Å²) in [4.78, 5) is 15.8. The van der Waals surface area contributed by atoms with Crippen molar-refractivity contribution in [2.45, 2.75) is 26.4 Å². The van der Waals surface area contributed by atoms with Crippen LogP contribution < -0.4 is 15.4 Å². The first-order valence-electron chi connectivity index (χ1n) is 7.51. The second-order valence-electron chi connectivity index (χ2n) is 5.09. The fourth-order valence-corrected chi connectivity index (χ4v) is 2.01. The number of para-hydroxylation sites is 2. The van der Waals surface area contributed by atoms with Gasteiger partial charge in [-0.25, -0.2) is 4.98 Å². The maximum atomic E-state index is 11.6. The average Bonchev–Trinajstić information content (AvgIpc) is 2.50. The molecule has 6 nitrogen and oxygen atoms in total. The number of hydrogen-bond donors (Lipinski definition) is 3. The van der Waals surface area contributed by atoms with Crippen molar-refractivity contribution in [2.75, 3.05) is 17.2 Å². The first-order chi connectivity index (χ1) is 11.1. The quantitative estimate of drug-likeness (QED) is 0.731. The van der Waals surface area contributed by atoms with Crippen molar-refractivity contribution in [1.29, 1.82) is 0 Å². The molecular formula is C17H21N3O3. The van der Waals surface area contributed by atoms with E-state index >= 15 is 0 Å². The molecule has 0 saturated carbocycles. The lowest BCUT2D eigenvalue weighted by molar-refractivity contribution is -0.117. The van der Waals surface area contributed by atoms with E-state index in [2.05, 4.69) is 15.6 Å². The van der Waals surface area contributed by atoms with Crippen molar-refractivity contribution in [3.63, 3.8) is 0 Å². The third-order valence-electron chi connectivity index (χ3n) is 2.98. The van der Waals surface area contributed by atoms with E-state index in [4.69, 9.17) is 4.74 Å². The molecule has 0 aliphatic rings. The molecule has 0 spiro atoms. The first kappa shape index (κ1) is 16.8. The van der Waals surface area contributed by atoms with Crippen molar-refractivity contribution in [2.24, 2.45) is 0 Å². The minimum atomic E-state index is -0.668. The zero-order chi connectivity index (χ0) is 16.7. The normalized spacial score (nSPS) is 11.6. The van der Waals surface area contributed by atoms with E-state index in [1.807, 2.05) is 31.2 Å². The highest BCUT2D eigenvalue weighted by Crippen LogP contribution is 2.26. The number of carbonyl (C=O) groups is 1. The Bertz CT molecular complexity index is 642. The van der Waals surface area contributed by atoms with Gasteiger partial charge in [-0.3, -0.25) is 4.79 Å². The summed E-state index contributed by atoms with van der Waals surface area (Å²) in [6, 6.07) is 11.1. The summed E-state index contributed by atoms with van der Waals surface area (Å²) in [7, 11) is 0. The molecule has 0 aliphatic heterocycles. The predicted octanol–water partition coefficient (Wildman–Crippen LogP) is 2.93. The molecule has 2 rings (SSSR count). The Morgan fingerprint density at radius 3 is 2.74 bits per heavy atom. The SMILES string of the molecule is CCOc1ccccc1Nc1ccc(NC(=O)CC(C)O)cn1. The molecule has 0 saturated heterocycles. The van der Waals surface area contributed by atoms with Gasteiger partial charge in [0, 0.05) is 0 Å². The summed E-state index contributed by atoms with van der Waals surface area (Å²) in [5.41, 5.74) is 1.41. The highest BCUT2D eigenvalue weighted by molar-refractivity contribution is 5.90. The van der Waals surface area contributed by atoms with E-state index < -0.39 is 6.10 Å². The number of nitrogens with one attached hydrogen (secondary N) is 2. The number of ether oxygens (including phenoxy) is 1. The maximum absolute atomic E-state index is 11.6. The van der Waals surface area contributed by atoms with Crippen molar-refractivity contribution in [3.8, 4) is 5.75 Å². The number of nitrogens with zero attached hydrogens (tertiary/aromatic N) is 1. The van der Waals surface area contributed by atoms with Crippen LogP contribution in [-0.2, 0) is 4.79 Å². The Labute approximate surface area is 135 Å². The van der Waals surface area contributed by atoms with Crippen LogP contribution in [0.15, 0.2) is 42.6 Å². The van der Waals surface area contributed by atoms with Crippen LogP contribution >= 0.6 is 0 Å². The molecule has 23 heavy (non-hydrogen) atoms. The molecule has 0 aliphatic carbocycles. The second kappa shape index (κ2) is 8.14. The molecule has 0 bridgehead atoms. The number of amides is 1. The third kappa shape index (κ3) is 5.27. The van der Waals surface area contributed by atoms with Crippen LogP contribution in [0.25, 0.3) is 0 Å². The summed E-state index contributed by atoms with van der Waals surface area (Å²) in [6.45, 7) is 4.08. The lowest BCUT2D eigenvalue weighted by Crippen LogP contribution is -2.17. The van der Waals surface area contributed by atoms with E-state index in [1.54, 1.807) is 25.3 Å². The predicted molar refractivity (Wildman–Crippen MR) is 90.1 cm³/mol. The Balaban J connectivity index is 2.01. The number of anilines is 3. The molecule has 0 radical (unpaired) electrons. The third-order valence-corrected chi connectivity index (χ3v) is 2.98. The largest absolute Gasteiger partial charge is 0.492 e. The zero-order valence-electron chi connectivity index (χ0n) is 13.2. The highest BCUT2D eigenvalue weighted by Gasteiger charge is 2.07. The van der Waals surface area contributed by atoms with E-state index in [1.165, 1.54) is 0 Å². The van der Waals surface area contributed by atoms with Crippen LogP contribution in [0, 0.1) is 0 Å². The van der Waals surface area contributed by atoms with Crippen LogP contribution in [0.2, 0.25) is 0 Å². The van der Waals surface area contributed by atoms with Gasteiger partial charge in [0.15, 0.2) is 0 Å². The summed E-state index contributed by atoms with van der Waals surface area (Å²) in [5.74, 6) is 1.15. The first-order valence-corrected chi connectivity index (χ1v) is 7.51. The molecule has 0 fully saturated rings. The smallest absolute Gasteiger partial charge is 0.227 e. The number of aromatic nitrogens is 1. The van der Waals surface area contributed by atoms with Crippen LogP contribution in [-0.4, -0.2) is 28.7 Å². The lowest BCUT2D eigenvalue weighted by Gasteiger charge is -2.12. The molecule has 1 atom stereocenters. The monoisotopic (exact) mass is 315 g/mol. The van der Waals surface area contributed by atoms with Crippen molar-refractivity contribution in [1.82, 2.24) is 4.98 Å². The van der Waals surface area contributed by atoms with Gasteiger partial charge in [-0.05, 0) is 38.1 Å². The Morgan fingerprint density at radius 2 is 2.09 bits per heavy atom. The van der Waals surface area contributed by atoms with Crippen LogP contribution in [0.3, 0.4) is 0 Å². The van der Waals surface area contributed by atoms with Gasteiger partial charge < -0.3 is 20.5 Å². The summed E-state index contributed by atoms with van der Waals surface area (Å²) >= 11 is 0. The van der Waals surface area contributed by atoms with E-state index in [0.717, 1.165) is 11.4 Å².